The lowest BCUT2D eigenvalue weighted by Crippen LogP contribution is -2.45. The summed E-state index contributed by atoms with van der Waals surface area (Å²) < 4.78 is 5.53. The van der Waals surface area contributed by atoms with Gasteiger partial charge in [-0.05, 0) is 25.6 Å². The molecule has 2 aromatic rings. The Kier molecular flexibility index (Phi) is 4.74. The smallest absolute Gasteiger partial charge is 0.229 e. The first-order valence-electron chi connectivity index (χ1n) is 10.1. The Bertz CT molecular complexity index is 817. The van der Waals surface area contributed by atoms with Gasteiger partial charge in [-0.2, -0.15) is 9.97 Å². The van der Waals surface area contributed by atoms with Crippen molar-refractivity contribution in [1.29, 1.82) is 0 Å². The molecule has 0 spiro atoms. The minimum Gasteiger partial charge on any atom is -0.378 e. The number of ether oxygens (including phenoxy) is 1. The molecule has 2 aromatic heterocycles. The molecule has 8 nitrogen and oxygen atoms in total. The van der Waals surface area contributed by atoms with Gasteiger partial charge in [0, 0.05) is 57.6 Å². The number of fused-ring (bicyclic) bond motifs is 1. The summed E-state index contributed by atoms with van der Waals surface area (Å²) in [5.74, 6) is 2.98. The average molecular weight is 381 g/mol. The molecule has 5 rings (SSSR count). The Morgan fingerprint density at radius 1 is 0.893 bits per heavy atom. The van der Waals surface area contributed by atoms with Crippen LogP contribution in [0.2, 0.25) is 0 Å². The molecule has 3 aliphatic heterocycles. The van der Waals surface area contributed by atoms with E-state index >= 15 is 0 Å². The first kappa shape index (κ1) is 17.6. The molecule has 148 valence electrons. The van der Waals surface area contributed by atoms with E-state index in [1.807, 2.05) is 18.5 Å². The van der Waals surface area contributed by atoms with E-state index in [9.17, 15) is 0 Å². The predicted octanol–water partition coefficient (Wildman–Crippen LogP) is 1.15. The number of hydrogen-bond acceptors (Lipinski definition) is 8. The van der Waals surface area contributed by atoms with E-state index in [0.29, 0.717) is 0 Å². The van der Waals surface area contributed by atoms with Crippen LogP contribution in [0.5, 0.6) is 0 Å². The number of pyridine rings is 1. The zero-order chi connectivity index (χ0) is 18.9. The van der Waals surface area contributed by atoms with E-state index < -0.39 is 0 Å². The highest BCUT2D eigenvalue weighted by Gasteiger charge is 2.31. The fraction of sp³-hybridized carbons (Fsp3) is 0.550. The maximum atomic E-state index is 5.53. The van der Waals surface area contributed by atoms with Gasteiger partial charge in [-0.3, -0.25) is 4.98 Å². The lowest BCUT2D eigenvalue weighted by Gasteiger charge is -2.35. The molecule has 2 fully saturated rings. The molecule has 0 atom stereocenters. The van der Waals surface area contributed by atoms with Crippen LogP contribution in [-0.4, -0.2) is 85.9 Å². The third-order valence-corrected chi connectivity index (χ3v) is 5.85. The Hall–Kier alpha value is -2.45. The third kappa shape index (κ3) is 3.27. The van der Waals surface area contributed by atoms with Gasteiger partial charge in [0.1, 0.15) is 11.6 Å². The number of hydrogen-bond donors (Lipinski definition) is 0. The molecule has 2 saturated heterocycles. The molecule has 0 N–H and O–H groups in total. The summed E-state index contributed by atoms with van der Waals surface area (Å²) >= 11 is 0. The summed E-state index contributed by atoms with van der Waals surface area (Å²) in [4.78, 5) is 23.8. The second-order valence-electron chi connectivity index (χ2n) is 7.65. The summed E-state index contributed by atoms with van der Waals surface area (Å²) in [7, 11) is 2.19. The van der Waals surface area contributed by atoms with Crippen LogP contribution in [0.4, 0.5) is 23.3 Å². The number of aromatic nitrogens is 3. The van der Waals surface area contributed by atoms with Gasteiger partial charge in [0.05, 0.1) is 25.1 Å². The van der Waals surface area contributed by atoms with Crippen molar-refractivity contribution in [3.8, 4) is 0 Å². The molecular formula is C20H27N7O. The van der Waals surface area contributed by atoms with Crippen molar-refractivity contribution in [3.63, 3.8) is 0 Å². The second-order valence-corrected chi connectivity index (χ2v) is 7.65. The lowest BCUT2D eigenvalue weighted by molar-refractivity contribution is 0.122. The molecular weight excluding hydrogens is 354 g/mol. The fourth-order valence-corrected chi connectivity index (χ4v) is 4.18. The largest absolute Gasteiger partial charge is 0.378 e. The van der Waals surface area contributed by atoms with Crippen LogP contribution in [0, 0.1) is 0 Å². The molecule has 0 radical (unpaired) electrons. The third-order valence-electron chi connectivity index (χ3n) is 5.85. The van der Waals surface area contributed by atoms with Gasteiger partial charge < -0.3 is 24.3 Å². The molecule has 0 aromatic carbocycles. The van der Waals surface area contributed by atoms with Crippen molar-refractivity contribution in [2.45, 2.75) is 6.42 Å². The van der Waals surface area contributed by atoms with Crippen LogP contribution in [0.1, 0.15) is 5.56 Å². The quantitative estimate of drug-likeness (QED) is 0.785. The number of morpholine rings is 1. The van der Waals surface area contributed by atoms with Gasteiger partial charge in [0.15, 0.2) is 0 Å². The summed E-state index contributed by atoms with van der Waals surface area (Å²) in [6, 6.07) is 4.09. The molecule has 8 heteroatoms. The van der Waals surface area contributed by atoms with Crippen molar-refractivity contribution < 1.29 is 4.74 Å². The van der Waals surface area contributed by atoms with Crippen molar-refractivity contribution in [2.75, 3.05) is 80.8 Å². The van der Waals surface area contributed by atoms with E-state index in [1.54, 1.807) is 0 Å². The Balaban J connectivity index is 1.55. The maximum absolute atomic E-state index is 5.53. The van der Waals surface area contributed by atoms with Gasteiger partial charge in [0.2, 0.25) is 5.95 Å². The number of nitrogens with zero attached hydrogens (tertiary/aromatic N) is 7. The van der Waals surface area contributed by atoms with E-state index in [0.717, 1.165) is 88.7 Å². The average Bonchev–Trinajstić information content (AvgIpc) is 3.19. The minimum absolute atomic E-state index is 0.733. The first-order valence-corrected chi connectivity index (χ1v) is 10.1. The highest BCUT2D eigenvalue weighted by Crippen LogP contribution is 2.38. The van der Waals surface area contributed by atoms with Crippen LogP contribution in [0.15, 0.2) is 24.5 Å². The number of likely N-dealkylation sites (N-methyl/N-ethyl adjacent to an activating group) is 1. The van der Waals surface area contributed by atoms with Crippen molar-refractivity contribution in [3.05, 3.63) is 30.1 Å². The van der Waals surface area contributed by atoms with Gasteiger partial charge >= 0.3 is 0 Å². The summed E-state index contributed by atoms with van der Waals surface area (Å²) in [5.41, 5.74) is 2.36. The zero-order valence-corrected chi connectivity index (χ0v) is 16.4. The van der Waals surface area contributed by atoms with E-state index in [4.69, 9.17) is 14.7 Å². The predicted molar refractivity (Wildman–Crippen MR) is 110 cm³/mol. The van der Waals surface area contributed by atoms with Gasteiger partial charge in [-0.25, -0.2) is 0 Å². The second kappa shape index (κ2) is 7.52. The van der Waals surface area contributed by atoms with Crippen molar-refractivity contribution >= 4 is 23.3 Å². The van der Waals surface area contributed by atoms with Crippen molar-refractivity contribution in [2.24, 2.45) is 0 Å². The molecule has 0 saturated carbocycles. The van der Waals surface area contributed by atoms with Gasteiger partial charge in [-0.15, -0.1) is 0 Å². The van der Waals surface area contributed by atoms with Crippen molar-refractivity contribution in [1.82, 2.24) is 19.9 Å². The zero-order valence-electron chi connectivity index (χ0n) is 16.4. The molecule has 0 unspecified atom stereocenters. The number of rotatable bonds is 3. The molecule has 0 amide bonds. The SMILES string of the molecule is CN1CCN(c2nc(N3CCOCC3)nc3c2CCN3c2cccnc2)CC1. The highest BCUT2D eigenvalue weighted by molar-refractivity contribution is 5.73. The molecule has 0 bridgehead atoms. The summed E-state index contributed by atoms with van der Waals surface area (Å²) in [6.07, 6.45) is 4.70. The lowest BCUT2D eigenvalue weighted by atomic mass is 10.2. The topological polar surface area (TPSA) is 60.9 Å². The molecule has 0 aliphatic carbocycles. The van der Waals surface area contributed by atoms with Crippen LogP contribution in [-0.2, 0) is 11.2 Å². The van der Waals surface area contributed by atoms with E-state index in [-0.39, 0.29) is 0 Å². The fourth-order valence-electron chi connectivity index (χ4n) is 4.18. The molecule has 3 aliphatic rings. The normalized spacial score (nSPS) is 20.5. The van der Waals surface area contributed by atoms with E-state index in [2.05, 4.69) is 37.7 Å². The molecule has 5 heterocycles. The Labute approximate surface area is 165 Å². The van der Waals surface area contributed by atoms with Crippen LogP contribution >= 0.6 is 0 Å². The standard InChI is InChI=1S/C20H27N7O/c1-24-7-9-25(10-8-24)18-17-4-6-27(16-3-2-5-21-15-16)19(17)23-20(22-18)26-11-13-28-14-12-26/h2-3,5,15H,4,6-14H2,1H3. The maximum Gasteiger partial charge on any atom is 0.229 e. The monoisotopic (exact) mass is 381 g/mol. The Morgan fingerprint density at radius 3 is 2.43 bits per heavy atom. The van der Waals surface area contributed by atoms with Crippen LogP contribution in [0.3, 0.4) is 0 Å². The summed E-state index contributed by atoms with van der Waals surface area (Å²) in [6.45, 7) is 8.22. The minimum atomic E-state index is 0.733. The van der Waals surface area contributed by atoms with Gasteiger partial charge in [-0.1, -0.05) is 0 Å². The number of piperazine rings is 1. The summed E-state index contributed by atoms with van der Waals surface area (Å²) in [5, 5.41) is 0. The van der Waals surface area contributed by atoms with Crippen LogP contribution in [0.25, 0.3) is 0 Å². The Morgan fingerprint density at radius 2 is 1.68 bits per heavy atom. The first-order chi connectivity index (χ1) is 13.8. The molecule has 28 heavy (non-hydrogen) atoms. The highest BCUT2D eigenvalue weighted by atomic mass is 16.5. The van der Waals surface area contributed by atoms with Gasteiger partial charge in [0.25, 0.3) is 0 Å². The van der Waals surface area contributed by atoms with Crippen LogP contribution < -0.4 is 14.7 Å². The van der Waals surface area contributed by atoms with E-state index in [1.165, 1.54) is 5.56 Å². The number of anilines is 4.